The molecular weight excluding hydrogens is 264 g/mol. The molecule has 0 spiro atoms. The third-order valence-electron chi connectivity index (χ3n) is 3.99. The van der Waals surface area contributed by atoms with E-state index < -0.39 is 0 Å². The van der Waals surface area contributed by atoms with E-state index in [9.17, 15) is 4.79 Å². The zero-order valence-electron chi connectivity index (χ0n) is 13.0. The predicted molar refractivity (Wildman–Crippen MR) is 84.3 cm³/mol. The molecule has 0 atom stereocenters. The number of amides is 1. The van der Waals surface area contributed by atoms with Gasteiger partial charge in [0.05, 0.1) is 6.54 Å². The van der Waals surface area contributed by atoms with Gasteiger partial charge in [-0.1, -0.05) is 44.2 Å². The largest absolute Gasteiger partial charge is 0.381 e. The molecule has 2 N–H and O–H groups in total. The standard InChI is InChI=1S/C17H26N2O2/c1-17(2,14-6-4-3-5-7-14)13-18-12-16(20)19-15-8-10-21-11-9-15/h3-7,15,18H,8-13H2,1-2H3,(H,19,20). The highest BCUT2D eigenvalue weighted by Gasteiger charge is 2.21. The van der Waals surface area contributed by atoms with Gasteiger partial charge in [-0.05, 0) is 18.4 Å². The maximum absolute atomic E-state index is 11.9. The normalized spacial score (nSPS) is 16.7. The van der Waals surface area contributed by atoms with Crippen molar-refractivity contribution in [3.8, 4) is 0 Å². The van der Waals surface area contributed by atoms with E-state index in [4.69, 9.17) is 4.74 Å². The Morgan fingerprint density at radius 2 is 1.90 bits per heavy atom. The maximum Gasteiger partial charge on any atom is 0.234 e. The molecule has 116 valence electrons. The van der Waals surface area contributed by atoms with Crippen LogP contribution in [-0.2, 0) is 14.9 Å². The molecule has 1 amide bonds. The summed E-state index contributed by atoms with van der Waals surface area (Å²) in [6.07, 6.45) is 1.84. The lowest BCUT2D eigenvalue weighted by Gasteiger charge is -2.26. The van der Waals surface area contributed by atoms with Crippen LogP contribution in [-0.4, -0.2) is 38.3 Å². The lowest BCUT2D eigenvalue weighted by molar-refractivity contribution is -0.121. The second-order valence-electron chi connectivity index (χ2n) is 6.31. The molecule has 0 radical (unpaired) electrons. The van der Waals surface area contributed by atoms with E-state index in [0.29, 0.717) is 6.54 Å². The van der Waals surface area contributed by atoms with Crippen LogP contribution in [0, 0.1) is 0 Å². The van der Waals surface area contributed by atoms with Crippen molar-refractivity contribution in [1.82, 2.24) is 10.6 Å². The van der Waals surface area contributed by atoms with E-state index in [0.717, 1.165) is 32.6 Å². The van der Waals surface area contributed by atoms with E-state index in [2.05, 4.69) is 48.7 Å². The average Bonchev–Trinajstić information content (AvgIpc) is 2.49. The van der Waals surface area contributed by atoms with Gasteiger partial charge in [0.25, 0.3) is 0 Å². The Morgan fingerprint density at radius 3 is 2.57 bits per heavy atom. The predicted octanol–water partition coefficient (Wildman–Crippen LogP) is 1.85. The summed E-state index contributed by atoms with van der Waals surface area (Å²) in [5.41, 5.74) is 1.29. The summed E-state index contributed by atoms with van der Waals surface area (Å²) in [6.45, 7) is 7.02. The number of ether oxygens (including phenoxy) is 1. The van der Waals surface area contributed by atoms with E-state index in [1.54, 1.807) is 0 Å². The van der Waals surface area contributed by atoms with Crippen LogP contribution in [0.5, 0.6) is 0 Å². The first-order chi connectivity index (χ1) is 10.1. The first-order valence-electron chi connectivity index (χ1n) is 7.71. The monoisotopic (exact) mass is 290 g/mol. The Hall–Kier alpha value is -1.39. The van der Waals surface area contributed by atoms with Crippen LogP contribution in [0.25, 0.3) is 0 Å². The summed E-state index contributed by atoms with van der Waals surface area (Å²) in [4.78, 5) is 11.9. The van der Waals surface area contributed by atoms with Crippen LogP contribution in [0.1, 0.15) is 32.3 Å². The van der Waals surface area contributed by atoms with E-state index in [-0.39, 0.29) is 17.4 Å². The number of carbonyl (C=O) groups is 1. The maximum atomic E-state index is 11.9. The summed E-state index contributed by atoms with van der Waals surface area (Å²) in [6, 6.07) is 10.7. The van der Waals surface area contributed by atoms with E-state index in [1.165, 1.54) is 5.56 Å². The minimum Gasteiger partial charge on any atom is -0.381 e. The molecule has 1 heterocycles. The summed E-state index contributed by atoms with van der Waals surface area (Å²) in [7, 11) is 0. The molecule has 4 heteroatoms. The van der Waals surface area contributed by atoms with Crippen molar-refractivity contribution in [1.29, 1.82) is 0 Å². The molecule has 1 fully saturated rings. The molecule has 1 aromatic rings. The highest BCUT2D eigenvalue weighted by molar-refractivity contribution is 5.78. The molecule has 1 aromatic carbocycles. The van der Waals surface area contributed by atoms with E-state index in [1.807, 2.05) is 6.07 Å². The number of hydrogen-bond acceptors (Lipinski definition) is 3. The van der Waals surface area contributed by atoms with Gasteiger partial charge < -0.3 is 15.4 Å². The first kappa shape index (κ1) is 16.0. The number of carbonyl (C=O) groups excluding carboxylic acids is 1. The Kier molecular flexibility index (Phi) is 5.76. The van der Waals surface area contributed by atoms with Gasteiger partial charge in [-0.2, -0.15) is 0 Å². The van der Waals surface area contributed by atoms with Crippen molar-refractivity contribution >= 4 is 5.91 Å². The van der Waals surface area contributed by atoms with Gasteiger partial charge in [0.15, 0.2) is 0 Å². The van der Waals surface area contributed by atoms with Crippen LogP contribution < -0.4 is 10.6 Å². The van der Waals surface area contributed by atoms with Crippen molar-refractivity contribution in [2.24, 2.45) is 0 Å². The van der Waals surface area contributed by atoms with Crippen molar-refractivity contribution in [3.63, 3.8) is 0 Å². The van der Waals surface area contributed by atoms with Gasteiger partial charge in [0, 0.05) is 31.2 Å². The van der Waals surface area contributed by atoms with Gasteiger partial charge in [0.2, 0.25) is 5.91 Å². The van der Waals surface area contributed by atoms with Crippen LogP contribution in [0.2, 0.25) is 0 Å². The smallest absolute Gasteiger partial charge is 0.234 e. The number of nitrogens with one attached hydrogen (secondary N) is 2. The number of hydrogen-bond donors (Lipinski definition) is 2. The van der Waals surface area contributed by atoms with E-state index >= 15 is 0 Å². The molecule has 0 unspecified atom stereocenters. The second-order valence-corrected chi connectivity index (χ2v) is 6.31. The Balaban J connectivity index is 1.72. The summed E-state index contributed by atoms with van der Waals surface area (Å²) >= 11 is 0. The molecule has 0 saturated carbocycles. The van der Waals surface area contributed by atoms with Gasteiger partial charge >= 0.3 is 0 Å². The molecule has 0 aromatic heterocycles. The third kappa shape index (κ3) is 5.14. The third-order valence-corrected chi connectivity index (χ3v) is 3.99. The highest BCUT2D eigenvalue weighted by atomic mass is 16.5. The molecule has 1 aliphatic rings. The molecule has 2 rings (SSSR count). The van der Waals surface area contributed by atoms with Crippen LogP contribution in [0.4, 0.5) is 0 Å². The van der Waals surface area contributed by atoms with Crippen molar-refractivity contribution in [2.75, 3.05) is 26.3 Å². The molecule has 1 aliphatic heterocycles. The van der Waals surface area contributed by atoms with Crippen molar-refractivity contribution in [3.05, 3.63) is 35.9 Å². The quantitative estimate of drug-likeness (QED) is 0.840. The van der Waals surface area contributed by atoms with Gasteiger partial charge in [-0.15, -0.1) is 0 Å². The van der Waals surface area contributed by atoms with Crippen LogP contribution >= 0.6 is 0 Å². The number of benzene rings is 1. The average molecular weight is 290 g/mol. The van der Waals surface area contributed by atoms with Crippen LogP contribution in [0.15, 0.2) is 30.3 Å². The summed E-state index contributed by atoms with van der Waals surface area (Å²) in [5, 5.41) is 6.33. The Bertz CT molecular complexity index is 439. The van der Waals surface area contributed by atoms with Gasteiger partial charge in [-0.3, -0.25) is 4.79 Å². The number of rotatable bonds is 6. The van der Waals surface area contributed by atoms with Crippen molar-refractivity contribution < 1.29 is 9.53 Å². The fourth-order valence-electron chi connectivity index (χ4n) is 2.60. The highest BCUT2D eigenvalue weighted by Crippen LogP contribution is 2.21. The molecule has 21 heavy (non-hydrogen) atoms. The Morgan fingerprint density at radius 1 is 1.24 bits per heavy atom. The molecule has 0 aliphatic carbocycles. The first-order valence-corrected chi connectivity index (χ1v) is 7.71. The summed E-state index contributed by atoms with van der Waals surface area (Å²) in [5.74, 6) is 0.0748. The molecule has 1 saturated heterocycles. The fraction of sp³-hybridized carbons (Fsp3) is 0.588. The second kappa shape index (κ2) is 7.57. The van der Waals surface area contributed by atoms with Crippen LogP contribution in [0.3, 0.4) is 0 Å². The molecular formula is C17H26N2O2. The van der Waals surface area contributed by atoms with Crippen molar-refractivity contribution in [2.45, 2.75) is 38.1 Å². The minimum atomic E-state index is 0.0141. The summed E-state index contributed by atoms with van der Waals surface area (Å²) < 4.78 is 5.29. The molecule has 0 bridgehead atoms. The molecule has 4 nitrogen and oxygen atoms in total. The minimum absolute atomic E-state index is 0.0141. The lowest BCUT2D eigenvalue weighted by Crippen LogP contribution is -2.44. The SMILES string of the molecule is CC(C)(CNCC(=O)NC1CCOCC1)c1ccccc1. The van der Waals surface area contributed by atoms with Gasteiger partial charge in [-0.25, -0.2) is 0 Å². The topological polar surface area (TPSA) is 50.4 Å². The Labute approximate surface area is 127 Å². The zero-order chi connectivity index (χ0) is 15.1. The van der Waals surface area contributed by atoms with Gasteiger partial charge in [0.1, 0.15) is 0 Å². The fourth-order valence-corrected chi connectivity index (χ4v) is 2.60. The lowest BCUT2D eigenvalue weighted by atomic mass is 9.84. The zero-order valence-corrected chi connectivity index (χ0v) is 13.0.